The minimum absolute atomic E-state index is 0.185. The van der Waals surface area contributed by atoms with Gasteiger partial charge in [0.15, 0.2) is 0 Å². The minimum atomic E-state index is -3.76. The van der Waals surface area contributed by atoms with Gasteiger partial charge in [-0.05, 0) is 42.8 Å². The first-order valence-corrected chi connectivity index (χ1v) is 11.1. The van der Waals surface area contributed by atoms with E-state index in [0.29, 0.717) is 10.7 Å². The highest BCUT2D eigenvalue weighted by atomic mass is 35.5. The van der Waals surface area contributed by atoms with Crippen LogP contribution < -0.4 is 9.62 Å². The molecule has 0 saturated carbocycles. The van der Waals surface area contributed by atoms with Gasteiger partial charge < -0.3 is 5.32 Å². The van der Waals surface area contributed by atoms with Gasteiger partial charge in [0.1, 0.15) is 6.04 Å². The van der Waals surface area contributed by atoms with Gasteiger partial charge in [-0.3, -0.25) is 9.10 Å². The quantitative estimate of drug-likeness (QED) is 0.569. The summed E-state index contributed by atoms with van der Waals surface area (Å²) in [5.41, 5.74) is 0.559. The van der Waals surface area contributed by atoms with E-state index < -0.39 is 22.0 Å². The normalized spacial score (nSPS) is 12.5. The Kier molecular flexibility index (Phi) is 7.27. The summed E-state index contributed by atoms with van der Waals surface area (Å²) in [4.78, 5) is 12.8. The Hall–Kier alpha value is -1.18. The maximum atomic E-state index is 12.8. The fourth-order valence-corrected chi connectivity index (χ4v) is 4.41. The number of nitrogens with one attached hydrogen (secondary N) is 1. The number of hydrogen-bond acceptors (Lipinski definition) is 3. The first-order valence-electron chi connectivity index (χ1n) is 7.75. The molecule has 0 bridgehead atoms. The van der Waals surface area contributed by atoms with E-state index in [1.165, 1.54) is 24.3 Å². The third-order valence-corrected chi connectivity index (χ3v) is 6.15. The van der Waals surface area contributed by atoms with Crippen molar-refractivity contribution in [3.8, 4) is 0 Å². The number of rotatable bonds is 6. The van der Waals surface area contributed by atoms with Crippen molar-refractivity contribution in [1.82, 2.24) is 0 Å². The van der Waals surface area contributed by atoms with Crippen LogP contribution in [0.2, 0.25) is 20.1 Å². The molecule has 0 fully saturated rings. The van der Waals surface area contributed by atoms with Crippen molar-refractivity contribution in [1.29, 1.82) is 0 Å². The van der Waals surface area contributed by atoms with Crippen LogP contribution in [0.25, 0.3) is 0 Å². The number of halogens is 4. The molecular weight excluding hydrogens is 454 g/mol. The van der Waals surface area contributed by atoms with Crippen molar-refractivity contribution in [2.75, 3.05) is 15.9 Å². The lowest BCUT2D eigenvalue weighted by Crippen LogP contribution is -2.47. The highest BCUT2D eigenvalue weighted by Crippen LogP contribution is 2.33. The van der Waals surface area contributed by atoms with Crippen LogP contribution in [0.15, 0.2) is 36.4 Å². The van der Waals surface area contributed by atoms with Gasteiger partial charge in [0.2, 0.25) is 15.9 Å². The number of anilines is 2. The molecule has 0 heterocycles. The van der Waals surface area contributed by atoms with E-state index >= 15 is 0 Å². The zero-order valence-electron chi connectivity index (χ0n) is 14.3. The van der Waals surface area contributed by atoms with Crippen LogP contribution in [0, 0.1) is 0 Å². The Bertz CT molecular complexity index is 949. The lowest BCUT2D eigenvalue weighted by atomic mass is 10.2. The third kappa shape index (κ3) is 5.42. The smallest absolute Gasteiger partial charge is 0.248 e. The second kappa shape index (κ2) is 8.88. The summed E-state index contributed by atoms with van der Waals surface area (Å²) in [5.74, 6) is -0.557. The zero-order chi connectivity index (χ0) is 20.4. The SMILES string of the molecule is CCC(C(=O)Nc1cc(Cl)c(Cl)cc1Cl)N(c1ccc(Cl)cc1)S(C)(=O)=O. The number of carbonyl (C=O) groups excluding carboxylic acids is 1. The van der Waals surface area contributed by atoms with E-state index in [-0.39, 0.29) is 27.2 Å². The monoisotopic (exact) mass is 468 g/mol. The molecule has 10 heteroatoms. The second-order valence-electron chi connectivity index (χ2n) is 5.69. The molecule has 5 nitrogen and oxygen atoms in total. The van der Waals surface area contributed by atoms with Crippen LogP contribution in [0.3, 0.4) is 0 Å². The summed E-state index contributed by atoms with van der Waals surface area (Å²) < 4.78 is 25.8. The Morgan fingerprint density at radius 1 is 1.04 bits per heavy atom. The second-order valence-corrected chi connectivity index (χ2v) is 9.21. The first kappa shape index (κ1) is 22.1. The van der Waals surface area contributed by atoms with Gasteiger partial charge in [-0.15, -0.1) is 0 Å². The topological polar surface area (TPSA) is 66.5 Å². The highest BCUT2D eigenvalue weighted by molar-refractivity contribution is 7.92. The summed E-state index contributed by atoms with van der Waals surface area (Å²) in [7, 11) is -3.76. The summed E-state index contributed by atoms with van der Waals surface area (Å²) in [5, 5.41) is 3.70. The highest BCUT2D eigenvalue weighted by Gasteiger charge is 2.31. The van der Waals surface area contributed by atoms with Crippen LogP contribution >= 0.6 is 46.4 Å². The van der Waals surface area contributed by atoms with Crippen molar-refractivity contribution in [2.24, 2.45) is 0 Å². The average Bonchev–Trinajstić information content (AvgIpc) is 2.57. The minimum Gasteiger partial charge on any atom is -0.323 e. The van der Waals surface area contributed by atoms with E-state index in [0.717, 1.165) is 10.6 Å². The molecule has 146 valence electrons. The largest absolute Gasteiger partial charge is 0.323 e. The molecule has 0 aliphatic rings. The van der Waals surface area contributed by atoms with Gasteiger partial charge >= 0.3 is 0 Å². The van der Waals surface area contributed by atoms with E-state index in [1.807, 2.05) is 0 Å². The summed E-state index contributed by atoms with van der Waals surface area (Å²) in [6.45, 7) is 1.70. The molecule has 0 aliphatic carbocycles. The van der Waals surface area contributed by atoms with Crippen LogP contribution in [-0.2, 0) is 14.8 Å². The number of hydrogen-bond donors (Lipinski definition) is 1. The zero-order valence-corrected chi connectivity index (χ0v) is 18.2. The van der Waals surface area contributed by atoms with E-state index in [2.05, 4.69) is 5.32 Å². The molecule has 0 aliphatic heterocycles. The molecule has 0 spiro atoms. The summed E-state index contributed by atoms with van der Waals surface area (Å²) >= 11 is 23.8. The fraction of sp³-hybridized carbons (Fsp3) is 0.235. The molecule has 0 aromatic heterocycles. The van der Waals surface area contributed by atoms with Gasteiger partial charge in [0, 0.05) is 5.02 Å². The molecular formula is C17H16Cl4N2O3S. The lowest BCUT2D eigenvalue weighted by molar-refractivity contribution is -0.117. The number of benzene rings is 2. The van der Waals surface area contributed by atoms with Gasteiger partial charge in [0.05, 0.1) is 32.7 Å². The molecule has 2 rings (SSSR count). The van der Waals surface area contributed by atoms with Gasteiger partial charge in [-0.25, -0.2) is 8.42 Å². The first-order chi connectivity index (χ1) is 12.5. The van der Waals surface area contributed by atoms with E-state index in [1.54, 1.807) is 19.1 Å². The van der Waals surface area contributed by atoms with Crippen LogP contribution in [-0.4, -0.2) is 26.6 Å². The Labute approximate surface area is 178 Å². The number of amides is 1. The average molecular weight is 470 g/mol. The molecule has 1 N–H and O–H groups in total. The van der Waals surface area contributed by atoms with Gasteiger partial charge in [0.25, 0.3) is 0 Å². The molecule has 1 atom stereocenters. The Morgan fingerprint density at radius 2 is 1.59 bits per heavy atom. The molecule has 0 radical (unpaired) electrons. The van der Waals surface area contributed by atoms with E-state index in [4.69, 9.17) is 46.4 Å². The Morgan fingerprint density at radius 3 is 2.11 bits per heavy atom. The van der Waals surface area contributed by atoms with Gasteiger partial charge in [-0.2, -0.15) is 0 Å². The fourth-order valence-electron chi connectivity index (χ4n) is 2.48. The maximum Gasteiger partial charge on any atom is 0.248 e. The standard InChI is InChI=1S/C17H16Cl4N2O3S/c1-3-16(17(24)22-15-9-13(20)12(19)8-14(15)21)23(27(2,25)26)11-6-4-10(18)5-7-11/h4-9,16H,3H2,1-2H3,(H,22,24). The number of sulfonamides is 1. The van der Waals surface area contributed by atoms with Crippen LogP contribution in [0.4, 0.5) is 11.4 Å². The molecule has 2 aromatic carbocycles. The molecule has 2 aromatic rings. The molecule has 1 amide bonds. The molecule has 27 heavy (non-hydrogen) atoms. The summed E-state index contributed by atoms with van der Waals surface area (Å²) in [6, 6.07) is 7.97. The Balaban J connectivity index is 2.40. The molecule has 1 unspecified atom stereocenters. The van der Waals surface area contributed by atoms with E-state index in [9.17, 15) is 13.2 Å². The third-order valence-electron chi connectivity index (χ3n) is 3.68. The van der Waals surface area contributed by atoms with Gasteiger partial charge in [-0.1, -0.05) is 53.3 Å². The lowest BCUT2D eigenvalue weighted by Gasteiger charge is -2.30. The van der Waals surface area contributed by atoms with Crippen molar-refractivity contribution in [2.45, 2.75) is 19.4 Å². The van der Waals surface area contributed by atoms with Crippen molar-refractivity contribution < 1.29 is 13.2 Å². The number of nitrogens with zero attached hydrogens (tertiary/aromatic N) is 1. The van der Waals surface area contributed by atoms with Crippen molar-refractivity contribution in [3.63, 3.8) is 0 Å². The number of carbonyl (C=O) groups is 1. The van der Waals surface area contributed by atoms with Crippen molar-refractivity contribution >= 4 is 73.7 Å². The van der Waals surface area contributed by atoms with Crippen LogP contribution in [0.5, 0.6) is 0 Å². The van der Waals surface area contributed by atoms with Crippen molar-refractivity contribution in [3.05, 3.63) is 56.5 Å². The molecule has 0 saturated heterocycles. The summed E-state index contributed by atoms with van der Waals surface area (Å²) in [6.07, 6.45) is 1.25. The maximum absolute atomic E-state index is 12.8. The predicted molar refractivity (Wildman–Crippen MR) is 113 cm³/mol. The predicted octanol–water partition coefficient (Wildman–Crippen LogP) is 5.48. The van der Waals surface area contributed by atoms with Crippen LogP contribution in [0.1, 0.15) is 13.3 Å².